The molecule has 0 aliphatic carbocycles. The molecule has 1 aliphatic rings. The Balaban J connectivity index is 1.59. The number of nitrogens with one attached hydrogen (secondary N) is 1. The van der Waals surface area contributed by atoms with Gasteiger partial charge in [0.25, 0.3) is 5.56 Å². The largest absolute Gasteiger partial charge is 0.481 e. The van der Waals surface area contributed by atoms with Gasteiger partial charge < -0.3 is 9.72 Å². The molecule has 0 bridgehead atoms. The number of hydrogen-bond donors (Lipinski definition) is 1. The number of rotatable bonds is 4. The highest BCUT2D eigenvalue weighted by molar-refractivity contribution is 6.30. The smallest absolute Gasteiger partial charge is 0.255 e. The van der Waals surface area contributed by atoms with Crippen molar-refractivity contribution in [3.63, 3.8) is 0 Å². The van der Waals surface area contributed by atoms with E-state index in [0.29, 0.717) is 53.9 Å². The molecular weight excluding hydrogens is 383 g/mol. The summed E-state index contributed by atoms with van der Waals surface area (Å²) in [5.41, 5.74) is 2.71. The molecule has 0 saturated heterocycles. The summed E-state index contributed by atoms with van der Waals surface area (Å²) >= 11 is 5.92. The third kappa shape index (κ3) is 3.76. The topological polar surface area (TPSA) is 71.1 Å². The zero-order valence-corrected chi connectivity index (χ0v) is 16.0. The van der Waals surface area contributed by atoms with E-state index in [9.17, 15) is 9.18 Å². The van der Waals surface area contributed by atoms with Crippen molar-refractivity contribution in [1.82, 2.24) is 19.9 Å². The standard InChI is InChI=1S/C20H18ClFN4O2/c1-28-20-13(8-15(22)9-23-20)10-26-7-6-17-16(11-26)19(27)25-18(24-17)12-2-4-14(21)5-3-12/h2-5,8-9H,6-7,10-11H2,1H3,(H,24,25,27). The summed E-state index contributed by atoms with van der Waals surface area (Å²) in [6.07, 6.45) is 1.76. The van der Waals surface area contributed by atoms with Gasteiger partial charge in [-0.25, -0.2) is 14.4 Å². The summed E-state index contributed by atoms with van der Waals surface area (Å²) in [7, 11) is 1.50. The molecule has 0 fully saturated rings. The summed E-state index contributed by atoms with van der Waals surface area (Å²) in [5.74, 6) is 0.502. The lowest BCUT2D eigenvalue weighted by Gasteiger charge is -2.28. The molecule has 1 aromatic carbocycles. The highest BCUT2D eigenvalue weighted by Crippen LogP contribution is 2.23. The number of nitrogens with zero attached hydrogens (tertiary/aromatic N) is 3. The zero-order chi connectivity index (χ0) is 19.7. The molecule has 0 saturated carbocycles. The Morgan fingerprint density at radius 1 is 1.32 bits per heavy atom. The van der Waals surface area contributed by atoms with E-state index < -0.39 is 5.82 Å². The van der Waals surface area contributed by atoms with Crippen molar-refractivity contribution >= 4 is 11.6 Å². The second-order valence-electron chi connectivity index (χ2n) is 6.63. The first-order valence-electron chi connectivity index (χ1n) is 8.82. The van der Waals surface area contributed by atoms with Crippen LogP contribution in [-0.2, 0) is 19.5 Å². The van der Waals surface area contributed by atoms with Gasteiger partial charge in [0, 0.05) is 42.2 Å². The lowest BCUT2D eigenvalue weighted by molar-refractivity contribution is 0.236. The van der Waals surface area contributed by atoms with E-state index in [0.717, 1.165) is 17.5 Å². The third-order valence-corrected chi connectivity index (χ3v) is 5.00. The van der Waals surface area contributed by atoms with Crippen LogP contribution in [0, 0.1) is 5.82 Å². The first kappa shape index (κ1) is 18.6. The minimum atomic E-state index is -0.416. The normalized spacial score (nSPS) is 14.0. The van der Waals surface area contributed by atoms with Gasteiger partial charge in [0.05, 0.1) is 24.6 Å². The molecule has 144 valence electrons. The number of aromatic amines is 1. The van der Waals surface area contributed by atoms with Crippen molar-refractivity contribution in [1.29, 1.82) is 0 Å². The quantitative estimate of drug-likeness (QED) is 0.728. The first-order valence-corrected chi connectivity index (χ1v) is 9.20. The van der Waals surface area contributed by atoms with Gasteiger partial charge in [0.1, 0.15) is 11.6 Å². The molecule has 28 heavy (non-hydrogen) atoms. The molecule has 0 unspecified atom stereocenters. The summed E-state index contributed by atoms with van der Waals surface area (Å²) in [5, 5.41) is 0.627. The molecule has 1 aliphatic heterocycles. The van der Waals surface area contributed by atoms with E-state index >= 15 is 0 Å². The van der Waals surface area contributed by atoms with Gasteiger partial charge in [-0.2, -0.15) is 0 Å². The fraction of sp³-hybridized carbons (Fsp3) is 0.250. The number of H-pyrrole nitrogens is 1. The number of methoxy groups -OCH3 is 1. The Bertz CT molecular complexity index is 1070. The van der Waals surface area contributed by atoms with Crippen LogP contribution in [0.1, 0.15) is 16.8 Å². The molecule has 3 aromatic rings. The van der Waals surface area contributed by atoms with E-state index in [2.05, 4.69) is 19.9 Å². The number of halogens is 2. The van der Waals surface area contributed by atoms with E-state index in [-0.39, 0.29) is 5.56 Å². The third-order valence-electron chi connectivity index (χ3n) is 4.74. The van der Waals surface area contributed by atoms with Crippen molar-refractivity contribution in [2.24, 2.45) is 0 Å². The van der Waals surface area contributed by atoms with E-state index in [1.807, 2.05) is 12.1 Å². The molecule has 8 heteroatoms. The molecule has 0 amide bonds. The SMILES string of the molecule is COc1ncc(F)cc1CN1CCc2nc(-c3ccc(Cl)cc3)[nH]c(=O)c2C1. The van der Waals surface area contributed by atoms with Gasteiger partial charge in [-0.05, 0) is 30.3 Å². The highest BCUT2D eigenvalue weighted by Gasteiger charge is 2.23. The van der Waals surface area contributed by atoms with Gasteiger partial charge in [-0.1, -0.05) is 11.6 Å². The van der Waals surface area contributed by atoms with Crippen LogP contribution >= 0.6 is 11.6 Å². The van der Waals surface area contributed by atoms with Crippen LogP contribution in [0.2, 0.25) is 5.02 Å². The number of aromatic nitrogens is 3. The number of fused-ring (bicyclic) bond motifs is 1. The lowest BCUT2D eigenvalue weighted by Crippen LogP contribution is -2.35. The van der Waals surface area contributed by atoms with Crippen molar-refractivity contribution in [2.75, 3.05) is 13.7 Å². The second kappa shape index (κ2) is 7.69. The second-order valence-corrected chi connectivity index (χ2v) is 7.07. The summed E-state index contributed by atoms with van der Waals surface area (Å²) in [6, 6.07) is 8.58. The van der Waals surface area contributed by atoms with E-state index in [4.69, 9.17) is 16.3 Å². The van der Waals surface area contributed by atoms with Crippen molar-refractivity contribution in [3.05, 3.63) is 74.5 Å². The molecule has 0 radical (unpaired) electrons. The number of benzene rings is 1. The van der Waals surface area contributed by atoms with Crippen LogP contribution in [0.25, 0.3) is 11.4 Å². The van der Waals surface area contributed by atoms with Crippen LogP contribution in [0.15, 0.2) is 41.3 Å². The molecule has 6 nitrogen and oxygen atoms in total. The summed E-state index contributed by atoms with van der Waals surface area (Å²) in [6.45, 7) is 1.56. The Kier molecular flexibility index (Phi) is 5.11. The highest BCUT2D eigenvalue weighted by atomic mass is 35.5. The lowest BCUT2D eigenvalue weighted by atomic mass is 10.1. The maximum Gasteiger partial charge on any atom is 0.255 e. The van der Waals surface area contributed by atoms with E-state index in [1.165, 1.54) is 13.2 Å². The van der Waals surface area contributed by atoms with Crippen molar-refractivity contribution in [2.45, 2.75) is 19.5 Å². The maximum absolute atomic E-state index is 13.6. The van der Waals surface area contributed by atoms with Crippen LogP contribution < -0.4 is 10.3 Å². The van der Waals surface area contributed by atoms with Crippen LogP contribution in [0.3, 0.4) is 0 Å². The molecule has 0 spiro atoms. The molecule has 1 N–H and O–H groups in total. The van der Waals surface area contributed by atoms with E-state index in [1.54, 1.807) is 12.1 Å². The Morgan fingerprint density at radius 3 is 2.86 bits per heavy atom. The molecule has 3 heterocycles. The van der Waals surface area contributed by atoms with Crippen LogP contribution in [0.5, 0.6) is 5.88 Å². The predicted molar refractivity (Wildman–Crippen MR) is 104 cm³/mol. The van der Waals surface area contributed by atoms with Crippen molar-refractivity contribution < 1.29 is 9.13 Å². The zero-order valence-electron chi connectivity index (χ0n) is 15.2. The van der Waals surface area contributed by atoms with Crippen molar-refractivity contribution in [3.8, 4) is 17.3 Å². The molecule has 4 rings (SSSR count). The minimum Gasteiger partial charge on any atom is -0.481 e. The minimum absolute atomic E-state index is 0.163. The summed E-state index contributed by atoms with van der Waals surface area (Å²) in [4.78, 5) is 26.2. The monoisotopic (exact) mass is 400 g/mol. The molecule has 0 atom stereocenters. The molecule has 2 aromatic heterocycles. The Morgan fingerprint density at radius 2 is 2.11 bits per heavy atom. The maximum atomic E-state index is 13.6. The molecular formula is C20H18ClFN4O2. The predicted octanol–water partition coefficient (Wildman–Crippen LogP) is 3.19. The number of ether oxygens (including phenoxy) is 1. The average molecular weight is 401 g/mol. The van der Waals surface area contributed by atoms with Gasteiger partial charge in [0.15, 0.2) is 0 Å². The van der Waals surface area contributed by atoms with Gasteiger partial charge in [0.2, 0.25) is 5.88 Å². The number of pyridine rings is 1. The fourth-order valence-corrected chi connectivity index (χ4v) is 3.49. The fourth-order valence-electron chi connectivity index (χ4n) is 3.37. The Hall–Kier alpha value is -2.77. The van der Waals surface area contributed by atoms with Gasteiger partial charge >= 0.3 is 0 Å². The number of hydrogen-bond acceptors (Lipinski definition) is 5. The van der Waals surface area contributed by atoms with Gasteiger partial charge in [-0.15, -0.1) is 0 Å². The summed E-state index contributed by atoms with van der Waals surface area (Å²) < 4.78 is 18.8. The Labute approximate surface area is 166 Å². The van der Waals surface area contributed by atoms with Crippen LogP contribution in [-0.4, -0.2) is 33.5 Å². The van der Waals surface area contributed by atoms with Gasteiger partial charge in [-0.3, -0.25) is 9.69 Å². The average Bonchev–Trinajstić information content (AvgIpc) is 2.69. The first-order chi connectivity index (χ1) is 13.5. The van der Waals surface area contributed by atoms with Crippen LogP contribution in [0.4, 0.5) is 4.39 Å².